The van der Waals surface area contributed by atoms with Crippen molar-refractivity contribution >= 4 is 22.6 Å². The van der Waals surface area contributed by atoms with Crippen LogP contribution in [0.2, 0.25) is 0 Å². The molecule has 4 heteroatoms. The summed E-state index contributed by atoms with van der Waals surface area (Å²) in [5.74, 6) is 0. The van der Waals surface area contributed by atoms with Gasteiger partial charge in [-0.25, -0.2) is 0 Å². The summed E-state index contributed by atoms with van der Waals surface area (Å²) in [7, 11) is 0. The summed E-state index contributed by atoms with van der Waals surface area (Å²) in [4.78, 5) is 3.00. The Bertz CT molecular complexity index is 400. The molecular weight excluding hydrogens is 313 g/mol. The lowest BCUT2D eigenvalue weighted by Crippen LogP contribution is -2.35. The molecule has 1 aliphatic rings. The van der Waals surface area contributed by atoms with Gasteiger partial charge >= 0.3 is 0 Å². The van der Waals surface area contributed by atoms with E-state index in [-0.39, 0.29) is 9.46 Å². The molecule has 2 atom stereocenters. The minimum absolute atomic E-state index is 0.0104. The maximum Gasteiger partial charge on any atom is 0.0560 e. The van der Waals surface area contributed by atoms with Crippen molar-refractivity contribution < 1.29 is 0 Å². The van der Waals surface area contributed by atoms with Crippen molar-refractivity contribution in [2.24, 2.45) is 5.11 Å². The van der Waals surface area contributed by atoms with Crippen molar-refractivity contribution in [1.29, 1.82) is 0 Å². The van der Waals surface area contributed by atoms with Crippen molar-refractivity contribution in [2.75, 3.05) is 0 Å². The third-order valence-electron chi connectivity index (χ3n) is 3.24. The predicted molar refractivity (Wildman–Crippen MR) is 73.5 cm³/mol. The van der Waals surface area contributed by atoms with Crippen LogP contribution >= 0.6 is 22.6 Å². The van der Waals surface area contributed by atoms with Crippen molar-refractivity contribution in [1.82, 2.24) is 0 Å². The molecule has 0 spiro atoms. The van der Waals surface area contributed by atoms with Gasteiger partial charge in [-0.05, 0) is 23.9 Å². The fourth-order valence-corrected chi connectivity index (χ4v) is 3.56. The van der Waals surface area contributed by atoms with Gasteiger partial charge in [0.05, 0.1) is 9.46 Å². The maximum absolute atomic E-state index is 8.65. The van der Waals surface area contributed by atoms with E-state index in [0.717, 1.165) is 12.8 Å². The first-order chi connectivity index (χ1) is 7.77. The van der Waals surface area contributed by atoms with Crippen molar-refractivity contribution in [3.8, 4) is 0 Å². The molecule has 84 valence electrons. The lowest BCUT2D eigenvalue weighted by atomic mass is 9.80. The standard InChI is InChI=1S/C12H14IN3/c13-12(10-6-2-1-3-7-10)9-5-4-8-11(12)15-16-14/h1-3,6-7,11H,4-5,8-9H2. The average molecular weight is 327 g/mol. The highest BCUT2D eigenvalue weighted by Gasteiger charge is 2.39. The van der Waals surface area contributed by atoms with Crippen LogP contribution in [0.4, 0.5) is 0 Å². The molecular formula is C12H14IN3. The lowest BCUT2D eigenvalue weighted by molar-refractivity contribution is 0.368. The number of rotatable bonds is 2. The van der Waals surface area contributed by atoms with Gasteiger partial charge in [0, 0.05) is 4.91 Å². The molecule has 0 aliphatic heterocycles. The first-order valence-electron chi connectivity index (χ1n) is 5.56. The topological polar surface area (TPSA) is 48.8 Å². The number of nitrogens with zero attached hydrogens (tertiary/aromatic N) is 3. The molecule has 0 bridgehead atoms. The smallest absolute Gasteiger partial charge is 0.0560 e. The van der Waals surface area contributed by atoms with Crippen LogP contribution < -0.4 is 0 Å². The normalized spacial score (nSPS) is 29.4. The first-order valence-corrected chi connectivity index (χ1v) is 6.64. The third-order valence-corrected chi connectivity index (χ3v) is 5.12. The van der Waals surface area contributed by atoms with E-state index in [1.165, 1.54) is 18.4 Å². The summed E-state index contributed by atoms with van der Waals surface area (Å²) in [5.41, 5.74) is 9.94. The third kappa shape index (κ3) is 2.18. The predicted octanol–water partition coefficient (Wildman–Crippen LogP) is 4.57. The van der Waals surface area contributed by atoms with Crippen molar-refractivity contribution in [3.63, 3.8) is 0 Å². The molecule has 0 radical (unpaired) electrons. The van der Waals surface area contributed by atoms with Gasteiger partial charge < -0.3 is 0 Å². The van der Waals surface area contributed by atoms with Crippen molar-refractivity contribution in [3.05, 3.63) is 46.3 Å². The minimum Gasteiger partial charge on any atom is -0.0889 e. The molecule has 0 saturated heterocycles. The summed E-state index contributed by atoms with van der Waals surface area (Å²) in [6.07, 6.45) is 4.49. The van der Waals surface area contributed by atoms with E-state index >= 15 is 0 Å². The second-order valence-corrected chi connectivity index (χ2v) is 6.12. The van der Waals surface area contributed by atoms with E-state index in [1.54, 1.807) is 0 Å². The monoisotopic (exact) mass is 327 g/mol. The highest BCUT2D eigenvalue weighted by atomic mass is 127. The first kappa shape index (κ1) is 11.7. The van der Waals surface area contributed by atoms with Crippen LogP contribution in [0.1, 0.15) is 31.2 Å². The molecule has 0 heterocycles. The fourth-order valence-electron chi connectivity index (χ4n) is 2.38. The molecule has 1 aliphatic carbocycles. The summed E-state index contributed by atoms with van der Waals surface area (Å²) in [6.45, 7) is 0. The zero-order chi connectivity index (χ0) is 11.4. The summed E-state index contributed by atoms with van der Waals surface area (Å²) in [6, 6.07) is 10.5. The highest BCUT2D eigenvalue weighted by molar-refractivity contribution is 14.1. The number of hydrogen-bond acceptors (Lipinski definition) is 1. The number of alkyl halides is 1. The largest absolute Gasteiger partial charge is 0.0889 e. The van der Waals surface area contributed by atoms with E-state index in [1.807, 2.05) is 6.07 Å². The van der Waals surface area contributed by atoms with Crippen LogP contribution in [0.25, 0.3) is 10.4 Å². The zero-order valence-electron chi connectivity index (χ0n) is 9.01. The minimum atomic E-state index is -0.0104. The zero-order valence-corrected chi connectivity index (χ0v) is 11.2. The second-order valence-electron chi connectivity index (χ2n) is 4.19. The summed E-state index contributed by atoms with van der Waals surface area (Å²) >= 11 is 2.48. The molecule has 3 nitrogen and oxygen atoms in total. The maximum atomic E-state index is 8.65. The molecule has 1 aromatic carbocycles. The second kappa shape index (κ2) is 5.06. The Morgan fingerprint density at radius 3 is 2.75 bits per heavy atom. The number of benzene rings is 1. The van der Waals surface area contributed by atoms with Gasteiger partial charge in [0.25, 0.3) is 0 Å². The Morgan fingerprint density at radius 2 is 2.06 bits per heavy atom. The molecule has 0 amide bonds. The van der Waals surface area contributed by atoms with E-state index in [9.17, 15) is 0 Å². The van der Waals surface area contributed by atoms with Crippen molar-refractivity contribution in [2.45, 2.75) is 35.1 Å². The Labute approximate surface area is 109 Å². The van der Waals surface area contributed by atoms with E-state index in [0.29, 0.717) is 0 Å². The van der Waals surface area contributed by atoms with E-state index in [4.69, 9.17) is 5.53 Å². The summed E-state index contributed by atoms with van der Waals surface area (Å²) < 4.78 is -0.0104. The van der Waals surface area contributed by atoms with E-state index in [2.05, 4.69) is 56.9 Å². The van der Waals surface area contributed by atoms with Gasteiger partial charge in [0.2, 0.25) is 0 Å². The molecule has 1 fully saturated rings. The van der Waals surface area contributed by atoms with Crippen LogP contribution in [0, 0.1) is 0 Å². The molecule has 1 aromatic rings. The lowest BCUT2D eigenvalue weighted by Gasteiger charge is -2.37. The Morgan fingerprint density at radius 1 is 1.31 bits per heavy atom. The van der Waals surface area contributed by atoms with Crippen LogP contribution in [0.3, 0.4) is 0 Å². The molecule has 0 N–H and O–H groups in total. The van der Waals surface area contributed by atoms with Crippen LogP contribution in [-0.2, 0) is 3.42 Å². The Kier molecular flexibility index (Phi) is 3.71. The Hall–Kier alpha value is -0.740. The van der Waals surface area contributed by atoms with Crippen LogP contribution in [-0.4, -0.2) is 6.04 Å². The van der Waals surface area contributed by atoms with Gasteiger partial charge in [-0.2, -0.15) is 0 Å². The Balaban J connectivity index is 2.36. The average Bonchev–Trinajstić information content (AvgIpc) is 2.34. The van der Waals surface area contributed by atoms with Gasteiger partial charge in [-0.1, -0.05) is 70.9 Å². The van der Waals surface area contributed by atoms with Gasteiger partial charge in [-0.15, -0.1) is 0 Å². The van der Waals surface area contributed by atoms with Gasteiger partial charge in [0.15, 0.2) is 0 Å². The molecule has 2 rings (SSSR count). The molecule has 0 aromatic heterocycles. The highest BCUT2D eigenvalue weighted by Crippen LogP contribution is 2.46. The molecule has 2 unspecified atom stereocenters. The van der Waals surface area contributed by atoms with Crippen LogP contribution in [0.5, 0.6) is 0 Å². The number of halogens is 1. The fraction of sp³-hybridized carbons (Fsp3) is 0.500. The number of azide groups is 1. The van der Waals surface area contributed by atoms with Gasteiger partial charge in [0.1, 0.15) is 0 Å². The van der Waals surface area contributed by atoms with E-state index < -0.39 is 0 Å². The number of hydrogen-bond donors (Lipinski definition) is 0. The summed E-state index contributed by atoms with van der Waals surface area (Å²) in [5, 5.41) is 3.99. The van der Waals surface area contributed by atoms with Crippen LogP contribution in [0.15, 0.2) is 35.4 Å². The molecule has 1 saturated carbocycles. The SMILES string of the molecule is [N-]=[N+]=NC1CCCCC1(I)c1ccccc1. The molecule has 16 heavy (non-hydrogen) atoms. The quantitative estimate of drug-likeness (QED) is 0.251. The van der Waals surface area contributed by atoms with Gasteiger partial charge in [-0.3, -0.25) is 0 Å².